The molecule has 41 heavy (non-hydrogen) atoms. The Balaban J connectivity index is 1.34. The Morgan fingerprint density at radius 1 is 1.02 bits per heavy atom. The van der Waals surface area contributed by atoms with Crippen LogP contribution >= 0.6 is 27.3 Å². The molecule has 7 nitrogen and oxygen atoms in total. The number of rotatable bonds is 7. The molecule has 2 unspecified atom stereocenters. The lowest BCUT2D eigenvalue weighted by molar-refractivity contribution is -0.122. The number of fused-ring (bicyclic) bond motifs is 2. The fraction of sp³-hybridized carbons (Fsp3) is 0.219. The molecule has 2 atom stereocenters. The summed E-state index contributed by atoms with van der Waals surface area (Å²) in [5, 5.41) is 2.42. The van der Waals surface area contributed by atoms with Crippen LogP contribution in [0.1, 0.15) is 45.4 Å². The fourth-order valence-electron chi connectivity index (χ4n) is 5.50. The van der Waals surface area contributed by atoms with E-state index in [4.69, 9.17) is 9.72 Å². The Bertz CT molecular complexity index is 1700. The maximum absolute atomic E-state index is 13.4. The molecule has 0 N–H and O–H groups in total. The van der Waals surface area contributed by atoms with Gasteiger partial charge in [-0.05, 0) is 66.6 Å². The number of carbonyl (C=O) groups is 4. The van der Waals surface area contributed by atoms with Gasteiger partial charge in [-0.25, -0.2) is 9.78 Å². The summed E-state index contributed by atoms with van der Waals surface area (Å²) >= 11 is 4.83. The van der Waals surface area contributed by atoms with Crippen LogP contribution in [0.15, 0.2) is 76.6 Å². The molecule has 4 aromatic rings. The summed E-state index contributed by atoms with van der Waals surface area (Å²) in [6, 6.07) is 16.0. The highest BCUT2D eigenvalue weighted by Crippen LogP contribution is 2.38. The van der Waals surface area contributed by atoms with Crippen molar-refractivity contribution in [1.29, 1.82) is 0 Å². The Kier molecular flexibility index (Phi) is 7.40. The van der Waals surface area contributed by atoms with Crippen LogP contribution in [0.3, 0.4) is 0 Å². The molecule has 206 valence electrons. The van der Waals surface area contributed by atoms with Crippen molar-refractivity contribution in [2.24, 2.45) is 11.8 Å². The number of benzene rings is 2. The van der Waals surface area contributed by atoms with Crippen LogP contribution in [-0.4, -0.2) is 35.2 Å². The average Bonchev–Trinajstić information content (AvgIpc) is 3.62. The number of hydrogen-bond acceptors (Lipinski definition) is 7. The normalized spacial score (nSPS) is 18.1. The van der Waals surface area contributed by atoms with Crippen molar-refractivity contribution in [3.63, 3.8) is 0 Å². The summed E-state index contributed by atoms with van der Waals surface area (Å²) in [6.07, 6.45) is 5.78. The number of nitrogens with zero attached hydrogens (tertiary/aromatic N) is 2. The van der Waals surface area contributed by atoms with Crippen LogP contribution in [0.5, 0.6) is 0 Å². The zero-order valence-electron chi connectivity index (χ0n) is 22.1. The lowest BCUT2D eigenvalue weighted by Crippen LogP contribution is -2.30. The first kappa shape index (κ1) is 27.2. The van der Waals surface area contributed by atoms with Crippen molar-refractivity contribution in [3.05, 3.63) is 92.6 Å². The number of hydrogen-bond donors (Lipinski definition) is 0. The van der Waals surface area contributed by atoms with Crippen molar-refractivity contribution >= 4 is 67.4 Å². The van der Waals surface area contributed by atoms with E-state index >= 15 is 0 Å². The second-order valence-electron chi connectivity index (χ2n) is 10.1. The number of aryl methyl sites for hydroxylation is 1. The highest BCUT2D eigenvalue weighted by Gasteiger charge is 2.47. The number of aromatic nitrogens is 1. The number of ether oxygens (including phenoxy) is 1. The van der Waals surface area contributed by atoms with Crippen LogP contribution in [0.2, 0.25) is 0 Å². The number of pyridine rings is 1. The second kappa shape index (κ2) is 11.1. The van der Waals surface area contributed by atoms with Gasteiger partial charge in [0.15, 0.2) is 6.61 Å². The van der Waals surface area contributed by atoms with E-state index in [1.54, 1.807) is 47.8 Å². The van der Waals surface area contributed by atoms with Crippen LogP contribution in [-0.2, 0) is 20.7 Å². The molecule has 0 spiro atoms. The second-order valence-corrected chi connectivity index (χ2v) is 11.9. The highest BCUT2D eigenvalue weighted by molar-refractivity contribution is 9.10. The van der Waals surface area contributed by atoms with Crippen molar-refractivity contribution in [2.45, 2.75) is 26.2 Å². The van der Waals surface area contributed by atoms with Crippen LogP contribution < -0.4 is 4.90 Å². The summed E-state index contributed by atoms with van der Waals surface area (Å²) in [6.45, 7) is 1.65. The monoisotopic (exact) mass is 628 g/mol. The predicted octanol–water partition coefficient (Wildman–Crippen LogP) is 6.78. The number of thiophene rings is 1. The number of ketones is 1. The zero-order chi connectivity index (χ0) is 28.7. The molecule has 1 fully saturated rings. The Hall–Kier alpha value is -3.95. The molecule has 2 aromatic heterocycles. The quantitative estimate of drug-likeness (QED) is 0.0969. The first-order chi connectivity index (χ1) is 19.9. The first-order valence-electron chi connectivity index (χ1n) is 13.4. The smallest absolute Gasteiger partial charge is 0.339 e. The van der Waals surface area contributed by atoms with Crippen molar-refractivity contribution in [3.8, 4) is 11.3 Å². The number of allylic oxidation sites excluding steroid dienone is 2. The molecule has 1 aliphatic heterocycles. The third kappa shape index (κ3) is 5.04. The van der Waals surface area contributed by atoms with E-state index in [0.717, 1.165) is 10.0 Å². The summed E-state index contributed by atoms with van der Waals surface area (Å²) in [5.41, 5.74) is 3.67. The Labute approximate surface area is 249 Å². The SMILES string of the molecule is CCc1cc(Br)cc2c(C(=O)OCC(=O)c3cccs3)cc(-c3ccc(N4C(=O)C5CC=CCC5C4=O)cc3)nc12. The largest absolute Gasteiger partial charge is 0.454 e. The summed E-state index contributed by atoms with van der Waals surface area (Å²) < 4.78 is 6.28. The summed E-state index contributed by atoms with van der Waals surface area (Å²) in [5.74, 6) is -1.82. The van der Waals surface area contributed by atoms with Gasteiger partial charge < -0.3 is 4.74 Å². The number of amides is 2. The lowest BCUT2D eigenvalue weighted by Gasteiger charge is -2.16. The molecule has 2 amide bonds. The Morgan fingerprint density at radius 3 is 2.37 bits per heavy atom. The standard InChI is InChI=1S/C32H25BrN2O5S/c1-2-18-14-20(33)15-24-25(32(39)40-17-27(36)28-8-5-13-41-28)16-26(34-29(18)24)19-9-11-21(12-10-19)35-30(37)22-6-3-4-7-23(22)31(35)38/h3-5,8-16,22-23H,2,6-7,17H2,1H3. The van der Waals surface area contributed by atoms with E-state index < -0.39 is 5.97 Å². The molecule has 2 aliphatic rings. The minimum atomic E-state index is -0.621. The van der Waals surface area contributed by atoms with Gasteiger partial charge in [0.25, 0.3) is 0 Å². The number of carbonyl (C=O) groups excluding carboxylic acids is 4. The molecule has 2 aromatic carbocycles. The highest BCUT2D eigenvalue weighted by atomic mass is 79.9. The van der Waals surface area contributed by atoms with E-state index in [1.807, 2.05) is 31.2 Å². The lowest BCUT2D eigenvalue weighted by atomic mass is 9.85. The molecule has 1 saturated heterocycles. The first-order valence-corrected chi connectivity index (χ1v) is 15.0. The third-order valence-electron chi connectivity index (χ3n) is 7.62. The summed E-state index contributed by atoms with van der Waals surface area (Å²) in [7, 11) is 0. The number of anilines is 1. The number of esters is 1. The van der Waals surface area contributed by atoms with Crippen molar-refractivity contribution < 1.29 is 23.9 Å². The van der Waals surface area contributed by atoms with Gasteiger partial charge >= 0.3 is 5.97 Å². The minimum Gasteiger partial charge on any atom is -0.454 e. The van der Waals surface area contributed by atoms with Gasteiger partial charge in [0.05, 0.1) is 39.2 Å². The molecule has 0 saturated carbocycles. The van der Waals surface area contributed by atoms with Gasteiger partial charge in [-0.15, -0.1) is 11.3 Å². The van der Waals surface area contributed by atoms with Gasteiger partial charge in [0, 0.05) is 15.4 Å². The van der Waals surface area contributed by atoms with E-state index in [9.17, 15) is 19.2 Å². The van der Waals surface area contributed by atoms with E-state index in [0.29, 0.717) is 57.6 Å². The van der Waals surface area contributed by atoms with E-state index in [2.05, 4.69) is 15.9 Å². The molecule has 1 aliphatic carbocycles. The summed E-state index contributed by atoms with van der Waals surface area (Å²) in [4.78, 5) is 58.6. The topological polar surface area (TPSA) is 93.6 Å². The third-order valence-corrected chi connectivity index (χ3v) is 8.99. The van der Waals surface area contributed by atoms with E-state index in [1.165, 1.54) is 16.2 Å². The molecular weight excluding hydrogens is 604 g/mol. The van der Waals surface area contributed by atoms with Crippen LogP contribution in [0.4, 0.5) is 5.69 Å². The number of halogens is 1. The van der Waals surface area contributed by atoms with E-state index in [-0.39, 0.29) is 36.0 Å². The molecule has 6 rings (SSSR count). The molecule has 3 heterocycles. The van der Waals surface area contributed by atoms with Gasteiger partial charge in [-0.2, -0.15) is 0 Å². The van der Waals surface area contributed by atoms with Crippen molar-refractivity contribution in [1.82, 2.24) is 4.98 Å². The van der Waals surface area contributed by atoms with Gasteiger partial charge in [-0.1, -0.05) is 53.2 Å². The van der Waals surface area contributed by atoms with Crippen molar-refractivity contribution in [2.75, 3.05) is 11.5 Å². The van der Waals surface area contributed by atoms with Crippen LogP contribution in [0.25, 0.3) is 22.2 Å². The fourth-order valence-corrected chi connectivity index (χ4v) is 6.66. The van der Waals surface area contributed by atoms with Gasteiger partial charge in [-0.3, -0.25) is 19.3 Å². The molecular formula is C32H25BrN2O5S. The molecule has 0 bridgehead atoms. The maximum Gasteiger partial charge on any atom is 0.339 e. The molecule has 9 heteroatoms. The predicted molar refractivity (Wildman–Crippen MR) is 161 cm³/mol. The van der Waals surface area contributed by atoms with Gasteiger partial charge in [0.1, 0.15) is 0 Å². The Morgan fingerprint density at radius 2 is 1.73 bits per heavy atom. The number of Topliss-reactive ketones (excluding diaryl/α,β-unsaturated/α-hetero) is 1. The molecule has 0 radical (unpaired) electrons. The van der Waals surface area contributed by atoms with Crippen LogP contribution in [0, 0.1) is 11.8 Å². The number of imide groups is 1. The minimum absolute atomic E-state index is 0.166. The average molecular weight is 630 g/mol. The van der Waals surface area contributed by atoms with Gasteiger partial charge in [0.2, 0.25) is 17.6 Å². The zero-order valence-corrected chi connectivity index (χ0v) is 24.5. The maximum atomic E-state index is 13.4.